The molecule has 1 fully saturated rings. The number of carbonyl (C=O) groups excluding carboxylic acids is 2. The molecule has 3 amide bonds. The summed E-state index contributed by atoms with van der Waals surface area (Å²) in [6, 6.07) is 21.4. The molecule has 36 heavy (non-hydrogen) atoms. The van der Waals surface area contributed by atoms with Crippen LogP contribution in [0.1, 0.15) is 16.0 Å². The second kappa shape index (κ2) is 13.2. The summed E-state index contributed by atoms with van der Waals surface area (Å²) >= 11 is 1.63. The fourth-order valence-corrected chi connectivity index (χ4v) is 4.79. The Kier molecular flexibility index (Phi) is 9.49. The zero-order valence-electron chi connectivity index (χ0n) is 20.8. The van der Waals surface area contributed by atoms with Crippen molar-refractivity contribution in [2.75, 3.05) is 51.3 Å². The topological polar surface area (TPSA) is 65.1 Å². The van der Waals surface area contributed by atoms with Gasteiger partial charge in [0.05, 0.1) is 19.8 Å². The predicted molar refractivity (Wildman–Crippen MR) is 144 cm³/mol. The fraction of sp³-hybridized carbons (Fsp3) is 0.357. The Labute approximate surface area is 217 Å². The second-order valence-electron chi connectivity index (χ2n) is 8.99. The quantitative estimate of drug-likeness (QED) is 0.441. The molecule has 7 nitrogen and oxygen atoms in total. The van der Waals surface area contributed by atoms with Crippen LogP contribution in [0, 0.1) is 6.92 Å². The highest BCUT2D eigenvalue weighted by molar-refractivity contribution is 7.09. The summed E-state index contributed by atoms with van der Waals surface area (Å²) in [6.45, 7) is 7.24. The molecule has 2 heterocycles. The van der Waals surface area contributed by atoms with E-state index < -0.39 is 0 Å². The lowest BCUT2D eigenvalue weighted by atomic mass is 10.2. The molecular formula is C28H34N4O3S. The number of thiophene rings is 1. The van der Waals surface area contributed by atoms with Gasteiger partial charge in [-0.25, -0.2) is 4.79 Å². The Balaban J connectivity index is 1.47. The molecule has 3 aromatic rings. The van der Waals surface area contributed by atoms with Crippen LogP contribution in [-0.4, -0.2) is 72.6 Å². The van der Waals surface area contributed by atoms with Crippen molar-refractivity contribution in [1.82, 2.24) is 14.7 Å². The number of aryl methyl sites for hydroxylation is 1. The molecule has 0 saturated carbocycles. The van der Waals surface area contributed by atoms with Crippen LogP contribution in [0.2, 0.25) is 0 Å². The highest BCUT2D eigenvalue weighted by atomic mass is 32.1. The number of benzene rings is 2. The molecule has 0 aliphatic carbocycles. The molecule has 1 N–H and O–H groups in total. The lowest BCUT2D eigenvalue weighted by Crippen LogP contribution is -2.48. The SMILES string of the molecule is Cc1ccc(NC(=O)N(CCN2CCOCC2)CC(=O)N(Cc2ccccc2)Cc2cccs2)cc1. The fourth-order valence-electron chi connectivity index (χ4n) is 4.07. The number of hydrogen-bond acceptors (Lipinski definition) is 5. The van der Waals surface area contributed by atoms with Gasteiger partial charge in [0.2, 0.25) is 5.91 Å². The number of carbonyl (C=O) groups is 2. The molecule has 0 atom stereocenters. The number of urea groups is 1. The highest BCUT2D eigenvalue weighted by Gasteiger charge is 2.23. The molecule has 1 aromatic heterocycles. The Morgan fingerprint density at radius 1 is 0.944 bits per heavy atom. The maximum atomic E-state index is 13.6. The van der Waals surface area contributed by atoms with Crippen LogP contribution < -0.4 is 5.32 Å². The molecule has 8 heteroatoms. The van der Waals surface area contributed by atoms with Crippen molar-refractivity contribution in [2.45, 2.75) is 20.0 Å². The number of morpholine rings is 1. The van der Waals surface area contributed by atoms with Crippen LogP contribution in [0.15, 0.2) is 72.1 Å². The average molecular weight is 507 g/mol. The average Bonchev–Trinajstić information content (AvgIpc) is 3.42. The highest BCUT2D eigenvalue weighted by Crippen LogP contribution is 2.16. The Morgan fingerprint density at radius 3 is 2.39 bits per heavy atom. The van der Waals surface area contributed by atoms with E-state index in [0.29, 0.717) is 45.1 Å². The van der Waals surface area contributed by atoms with Crippen LogP contribution in [0.25, 0.3) is 0 Å². The van der Waals surface area contributed by atoms with Crippen molar-refractivity contribution >= 4 is 29.0 Å². The minimum atomic E-state index is -0.267. The van der Waals surface area contributed by atoms with E-state index in [1.807, 2.05) is 83.9 Å². The molecule has 0 bridgehead atoms. The molecule has 2 aromatic carbocycles. The second-order valence-corrected chi connectivity index (χ2v) is 10.0. The first-order chi connectivity index (χ1) is 17.6. The summed E-state index contributed by atoms with van der Waals surface area (Å²) in [5, 5.41) is 4.99. The first-order valence-corrected chi connectivity index (χ1v) is 13.2. The van der Waals surface area contributed by atoms with Gasteiger partial charge in [-0.3, -0.25) is 9.69 Å². The van der Waals surface area contributed by atoms with Crippen LogP contribution in [0.4, 0.5) is 10.5 Å². The van der Waals surface area contributed by atoms with Gasteiger partial charge in [0.25, 0.3) is 0 Å². The van der Waals surface area contributed by atoms with E-state index in [1.165, 1.54) is 0 Å². The first-order valence-electron chi connectivity index (χ1n) is 12.3. The smallest absolute Gasteiger partial charge is 0.322 e. The number of rotatable bonds is 10. The molecular weight excluding hydrogens is 472 g/mol. The van der Waals surface area contributed by atoms with Crippen molar-refractivity contribution in [3.63, 3.8) is 0 Å². The largest absolute Gasteiger partial charge is 0.379 e. The molecule has 0 unspecified atom stereocenters. The number of anilines is 1. The lowest BCUT2D eigenvalue weighted by Gasteiger charge is -2.31. The molecule has 0 radical (unpaired) electrons. The van der Waals surface area contributed by atoms with Gasteiger partial charge in [-0.15, -0.1) is 11.3 Å². The molecule has 1 saturated heterocycles. The molecule has 190 valence electrons. The first kappa shape index (κ1) is 25.9. The van der Waals surface area contributed by atoms with E-state index in [9.17, 15) is 9.59 Å². The predicted octanol–water partition coefficient (Wildman–Crippen LogP) is 4.45. The molecule has 0 spiro atoms. The summed E-state index contributed by atoms with van der Waals surface area (Å²) < 4.78 is 5.45. The van der Waals surface area contributed by atoms with Gasteiger partial charge in [0, 0.05) is 43.3 Å². The van der Waals surface area contributed by atoms with E-state index in [2.05, 4.69) is 10.2 Å². The maximum absolute atomic E-state index is 13.6. The van der Waals surface area contributed by atoms with Gasteiger partial charge in [-0.1, -0.05) is 54.1 Å². The summed E-state index contributed by atoms with van der Waals surface area (Å²) in [4.78, 5) is 33.8. The Morgan fingerprint density at radius 2 is 1.69 bits per heavy atom. The summed E-state index contributed by atoms with van der Waals surface area (Å²) in [5.74, 6) is -0.0757. The van der Waals surface area contributed by atoms with Crippen LogP contribution >= 0.6 is 11.3 Å². The van der Waals surface area contributed by atoms with E-state index in [-0.39, 0.29) is 18.5 Å². The minimum absolute atomic E-state index is 0.0141. The molecule has 1 aliphatic rings. The number of ether oxygens (including phenoxy) is 1. The monoisotopic (exact) mass is 506 g/mol. The Hall–Kier alpha value is -3.20. The van der Waals surface area contributed by atoms with Gasteiger partial charge >= 0.3 is 6.03 Å². The van der Waals surface area contributed by atoms with E-state index in [0.717, 1.165) is 29.1 Å². The number of amides is 3. The zero-order valence-corrected chi connectivity index (χ0v) is 21.6. The van der Waals surface area contributed by atoms with Crippen molar-refractivity contribution in [3.05, 3.63) is 88.1 Å². The van der Waals surface area contributed by atoms with Crippen molar-refractivity contribution < 1.29 is 14.3 Å². The van der Waals surface area contributed by atoms with Crippen molar-refractivity contribution in [1.29, 1.82) is 0 Å². The third kappa shape index (κ3) is 7.91. The number of nitrogens with zero attached hydrogens (tertiary/aromatic N) is 3. The van der Waals surface area contributed by atoms with Gasteiger partial charge < -0.3 is 19.9 Å². The van der Waals surface area contributed by atoms with Gasteiger partial charge in [-0.2, -0.15) is 0 Å². The van der Waals surface area contributed by atoms with Crippen molar-refractivity contribution in [2.24, 2.45) is 0 Å². The molecule has 1 aliphatic heterocycles. The van der Waals surface area contributed by atoms with Gasteiger partial charge in [0.1, 0.15) is 6.54 Å². The summed E-state index contributed by atoms with van der Waals surface area (Å²) in [7, 11) is 0. The number of hydrogen-bond donors (Lipinski definition) is 1. The molecule has 4 rings (SSSR count). The summed E-state index contributed by atoms with van der Waals surface area (Å²) in [5.41, 5.74) is 2.90. The van der Waals surface area contributed by atoms with Gasteiger partial charge in [0.15, 0.2) is 0 Å². The number of nitrogens with one attached hydrogen (secondary N) is 1. The van der Waals surface area contributed by atoms with Crippen LogP contribution in [0.5, 0.6) is 0 Å². The summed E-state index contributed by atoms with van der Waals surface area (Å²) in [6.07, 6.45) is 0. The van der Waals surface area contributed by atoms with Crippen LogP contribution in [0.3, 0.4) is 0 Å². The Bertz CT molecular complexity index is 1080. The van der Waals surface area contributed by atoms with Crippen LogP contribution in [-0.2, 0) is 22.6 Å². The lowest BCUT2D eigenvalue weighted by molar-refractivity contribution is -0.133. The minimum Gasteiger partial charge on any atom is -0.379 e. The van der Waals surface area contributed by atoms with Crippen molar-refractivity contribution in [3.8, 4) is 0 Å². The van der Waals surface area contributed by atoms with Gasteiger partial charge in [-0.05, 0) is 36.1 Å². The normalized spacial score (nSPS) is 13.8. The zero-order chi connectivity index (χ0) is 25.2. The standard InChI is InChI=1S/C28H34N4O3S/c1-23-9-11-25(12-10-23)29-28(34)31(14-13-30-15-17-35-18-16-30)22-27(33)32(21-26-8-5-19-36-26)20-24-6-3-2-4-7-24/h2-12,19H,13-18,20-22H2,1H3,(H,29,34). The van der Waals surface area contributed by atoms with E-state index in [4.69, 9.17) is 4.74 Å². The third-order valence-electron chi connectivity index (χ3n) is 6.20. The third-order valence-corrected chi connectivity index (χ3v) is 7.06. The maximum Gasteiger partial charge on any atom is 0.322 e. The van der Waals surface area contributed by atoms with E-state index >= 15 is 0 Å². The van der Waals surface area contributed by atoms with E-state index in [1.54, 1.807) is 16.2 Å².